The molecule has 10 nitrogen and oxygen atoms in total. The molecule has 0 spiro atoms. The molecule has 0 saturated carbocycles. The number of alkyl halides is 3. The Bertz CT molecular complexity index is 1620. The van der Waals surface area contributed by atoms with Gasteiger partial charge >= 0.3 is 11.9 Å². The summed E-state index contributed by atoms with van der Waals surface area (Å²) in [6.45, 7) is 2.21. The maximum Gasteiger partial charge on any atom is 0.416 e. The molecular weight excluding hydrogens is 549 g/mol. The first-order valence-electron chi connectivity index (χ1n) is 13.4. The molecule has 4 rings (SSSR count). The number of aromatic amines is 1. The first kappa shape index (κ1) is 30.3. The van der Waals surface area contributed by atoms with Gasteiger partial charge in [0.2, 0.25) is 5.91 Å². The van der Waals surface area contributed by atoms with Gasteiger partial charge in [-0.25, -0.2) is 4.79 Å². The number of hydrogen-bond acceptors (Lipinski definition) is 5. The monoisotopic (exact) mass is 582 g/mol. The third-order valence-electron chi connectivity index (χ3n) is 6.64. The predicted octanol–water partition coefficient (Wildman–Crippen LogP) is 3.38. The Labute approximate surface area is 239 Å². The Morgan fingerprint density at radius 3 is 2.36 bits per heavy atom. The van der Waals surface area contributed by atoms with Gasteiger partial charge in [0.25, 0.3) is 0 Å². The first-order valence-corrected chi connectivity index (χ1v) is 13.4. The fourth-order valence-corrected chi connectivity index (χ4v) is 4.47. The highest BCUT2D eigenvalue weighted by Gasteiger charge is 2.31. The van der Waals surface area contributed by atoms with Gasteiger partial charge in [-0.2, -0.15) is 18.2 Å². The minimum atomic E-state index is -4.52. The molecule has 2 aromatic carbocycles. The number of H-pyrrole nitrogens is 1. The van der Waals surface area contributed by atoms with Crippen molar-refractivity contribution >= 4 is 22.9 Å². The molecule has 0 aliphatic carbocycles. The van der Waals surface area contributed by atoms with Gasteiger partial charge in [-0.15, -0.1) is 0 Å². The third-order valence-corrected chi connectivity index (χ3v) is 6.64. The van der Waals surface area contributed by atoms with Crippen LogP contribution in [0, 0.1) is 5.41 Å². The van der Waals surface area contributed by atoms with Gasteiger partial charge in [0, 0.05) is 36.4 Å². The highest BCUT2D eigenvalue weighted by atomic mass is 19.4. The van der Waals surface area contributed by atoms with Crippen molar-refractivity contribution in [2.24, 2.45) is 11.5 Å². The predicted molar refractivity (Wildman–Crippen MR) is 154 cm³/mol. The number of nitrogens with two attached hydrogens (primary N) is 2. The normalized spacial score (nSPS) is 12.3. The van der Waals surface area contributed by atoms with E-state index < -0.39 is 23.3 Å². The maximum absolute atomic E-state index is 13.7. The lowest BCUT2D eigenvalue weighted by molar-refractivity contribution is -0.137. The summed E-state index contributed by atoms with van der Waals surface area (Å²) >= 11 is 0. The Morgan fingerprint density at radius 1 is 1.07 bits per heavy atom. The largest absolute Gasteiger partial charge is 0.416 e. The van der Waals surface area contributed by atoms with Crippen LogP contribution in [-0.2, 0) is 37.0 Å². The molecule has 0 unspecified atom stereocenters. The quantitative estimate of drug-likeness (QED) is 0.117. The number of halogens is 3. The van der Waals surface area contributed by atoms with Crippen LogP contribution in [0.2, 0.25) is 0 Å². The standard InChI is InChI=1S/C29H33F3N8O2/c1-17(33)3-2-4-20-9-21(11-23(10-20)29(30,31)32)24-12-22-15-40(28(42)39-26(22)38-24)16-25(41)36-13-18-5-7-19(8-6-18)14-37-27(34)35/h5-12,15,17H,2-4,13-14,16,33H2,1H3,(H,36,41)(H4,34,35,37)(H,38,39,42)/t17-/m0/s1. The number of amides is 1. The summed E-state index contributed by atoms with van der Waals surface area (Å²) in [5.41, 5.74) is 12.8. The van der Waals surface area contributed by atoms with Crippen LogP contribution in [0.15, 0.2) is 59.5 Å². The van der Waals surface area contributed by atoms with Gasteiger partial charge in [-0.1, -0.05) is 24.3 Å². The zero-order valence-electron chi connectivity index (χ0n) is 23.0. The number of rotatable bonds is 11. The van der Waals surface area contributed by atoms with Crippen LogP contribution < -0.4 is 27.8 Å². The number of guanidine groups is 1. The smallest absolute Gasteiger partial charge is 0.370 e. The molecule has 0 aliphatic rings. The van der Waals surface area contributed by atoms with Crippen molar-refractivity contribution in [3.8, 4) is 11.3 Å². The van der Waals surface area contributed by atoms with Crippen molar-refractivity contribution in [3.05, 3.63) is 87.5 Å². The summed E-state index contributed by atoms with van der Waals surface area (Å²) in [6.07, 6.45) is -1.29. The van der Waals surface area contributed by atoms with E-state index in [0.29, 0.717) is 48.0 Å². The highest BCUT2D eigenvalue weighted by Crippen LogP contribution is 2.34. The molecule has 0 radical (unpaired) electrons. The lowest BCUT2D eigenvalue weighted by Gasteiger charge is -2.12. The Morgan fingerprint density at radius 2 is 1.74 bits per heavy atom. The molecule has 0 aliphatic heterocycles. The van der Waals surface area contributed by atoms with Crippen molar-refractivity contribution in [3.63, 3.8) is 0 Å². The first-order chi connectivity index (χ1) is 19.9. The van der Waals surface area contributed by atoms with E-state index in [9.17, 15) is 22.8 Å². The number of aromatic nitrogens is 3. The van der Waals surface area contributed by atoms with Crippen molar-refractivity contribution < 1.29 is 18.0 Å². The number of nitrogens with zero attached hydrogens (tertiary/aromatic N) is 2. The van der Waals surface area contributed by atoms with E-state index in [-0.39, 0.29) is 30.7 Å². The van der Waals surface area contributed by atoms with E-state index in [1.165, 1.54) is 6.20 Å². The molecule has 1 atom stereocenters. The number of benzene rings is 2. The van der Waals surface area contributed by atoms with E-state index in [1.807, 2.05) is 31.2 Å². The average Bonchev–Trinajstić information content (AvgIpc) is 3.33. The second kappa shape index (κ2) is 12.9. The topological polar surface area (TPSA) is 168 Å². The summed E-state index contributed by atoms with van der Waals surface area (Å²) in [6, 6.07) is 12.8. The van der Waals surface area contributed by atoms with Crippen LogP contribution in [0.3, 0.4) is 0 Å². The second-order valence-electron chi connectivity index (χ2n) is 10.3. The SMILES string of the molecule is C[C@H](N)CCCc1cc(-c2cc3cn(CC(=O)NCc4ccc(CNC(=N)N)cc4)c(=O)nc3[nH]2)cc(C(F)(F)F)c1. The van der Waals surface area contributed by atoms with Crippen LogP contribution >= 0.6 is 0 Å². The molecule has 222 valence electrons. The Hall–Kier alpha value is -4.65. The van der Waals surface area contributed by atoms with Crippen molar-refractivity contribution in [2.75, 3.05) is 0 Å². The van der Waals surface area contributed by atoms with E-state index in [4.69, 9.17) is 16.9 Å². The molecule has 42 heavy (non-hydrogen) atoms. The summed E-state index contributed by atoms with van der Waals surface area (Å²) in [5.74, 6) is -0.538. The Balaban J connectivity index is 1.48. The van der Waals surface area contributed by atoms with E-state index >= 15 is 0 Å². The molecule has 0 bridgehead atoms. The second-order valence-corrected chi connectivity index (χ2v) is 10.3. The van der Waals surface area contributed by atoms with Gasteiger partial charge < -0.3 is 27.1 Å². The lowest BCUT2D eigenvalue weighted by Crippen LogP contribution is -2.32. The van der Waals surface area contributed by atoms with Crippen LogP contribution in [-0.4, -0.2) is 32.4 Å². The summed E-state index contributed by atoms with van der Waals surface area (Å²) in [4.78, 5) is 32.1. The van der Waals surface area contributed by atoms with Gasteiger partial charge in [0.15, 0.2) is 5.96 Å². The summed E-state index contributed by atoms with van der Waals surface area (Å²) in [5, 5.41) is 13.1. The molecule has 13 heteroatoms. The fourth-order valence-electron chi connectivity index (χ4n) is 4.47. The van der Waals surface area contributed by atoms with Gasteiger partial charge in [-0.3, -0.25) is 14.8 Å². The number of aryl methyl sites for hydroxylation is 1. The van der Waals surface area contributed by atoms with Gasteiger partial charge in [0.1, 0.15) is 12.2 Å². The van der Waals surface area contributed by atoms with Crippen LogP contribution in [0.5, 0.6) is 0 Å². The third kappa shape index (κ3) is 8.19. The number of hydrogen-bond donors (Lipinski definition) is 6. The van der Waals surface area contributed by atoms with E-state index in [0.717, 1.165) is 27.8 Å². The molecule has 2 heterocycles. The number of carbonyl (C=O) groups is 1. The molecular formula is C29H33F3N8O2. The summed E-state index contributed by atoms with van der Waals surface area (Å²) in [7, 11) is 0. The molecule has 2 aromatic heterocycles. The molecule has 0 fully saturated rings. The van der Waals surface area contributed by atoms with Crippen LogP contribution in [0.4, 0.5) is 13.2 Å². The van der Waals surface area contributed by atoms with Crippen LogP contribution in [0.25, 0.3) is 22.3 Å². The summed E-state index contributed by atoms with van der Waals surface area (Å²) < 4.78 is 42.1. The zero-order chi connectivity index (χ0) is 30.4. The Kier molecular flexibility index (Phi) is 9.31. The zero-order valence-corrected chi connectivity index (χ0v) is 23.0. The van der Waals surface area contributed by atoms with Crippen molar-refractivity contribution in [1.29, 1.82) is 5.41 Å². The number of carbonyl (C=O) groups excluding carboxylic acids is 1. The average molecular weight is 583 g/mol. The fraction of sp³-hybridized carbons (Fsp3) is 0.310. The van der Waals surface area contributed by atoms with Crippen molar-refractivity contribution in [2.45, 2.75) is 58.0 Å². The number of nitrogens with one attached hydrogen (secondary N) is 4. The maximum atomic E-state index is 13.7. The minimum Gasteiger partial charge on any atom is -0.370 e. The van der Waals surface area contributed by atoms with E-state index in [1.54, 1.807) is 12.1 Å². The molecule has 1 amide bonds. The van der Waals surface area contributed by atoms with Crippen LogP contribution in [0.1, 0.15) is 42.0 Å². The minimum absolute atomic E-state index is 0.0428. The number of fused-ring (bicyclic) bond motifs is 1. The van der Waals surface area contributed by atoms with E-state index in [2.05, 4.69) is 20.6 Å². The van der Waals surface area contributed by atoms with Gasteiger partial charge in [-0.05, 0) is 72.7 Å². The highest BCUT2D eigenvalue weighted by molar-refractivity contribution is 5.83. The lowest BCUT2D eigenvalue weighted by atomic mass is 9.99. The molecule has 0 saturated heterocycles. The molecule has 4 aromatic rings. The molecule has 8 N–H and O–H groups in total. The van der Waals surface area contributed by atoms with Gasteiger partial charge in [0.05, 0.1) is 5.56 Å². The van der Waals surface area contributed by atoms with Crippen molar-refractivity contribution in [1.82, 2.24) is 25.2 Å².